The molecule has 0 aliphatic carbocycles. The van der Waals surface area contributed by atoms with Gasteiger partial charge >= 0.3 is 17.9 Å². The number of hydrogen-bond acceptors (Lipinski definition) is 7. The van der Waals surface area contributed by atoms with Crippen molar-refractivity contribution in [2.24, 2.45) is 0 Å². The highest BCUT2D eigenvalue weighted by Gasteiger charge is 2.21. The van der Waals surface area contributed by atoms with Gasteiger partial charge in [0.2, 0.25) is 0 Å². The van der Waals surface area contributed by atoms with E-state index in [-0.39, 0.29) is 19.8 Å². The van der Waals surface area contributed by atoms with Crippen LogP contribution in [-0.4, -0.2) is 42.8 Å². The van der Waals surface area contributed by atoms with Crippen LogP contribution in [0.1, 0.15) is 20.8 Å². The molecule has 7 nitrogen and oxygen atoms in total. The van der Waals surface area contributed by atoms with Crippen LogP contribution in [0.4, 0.5) is 0 Å². The fourth-order valence-electron chi connectivity index (χ4n) is 1.11. The number of aliphatic hydroxyl groups is 1. The summed E-state index contributed by atoms with van der Waals surface area (Å²) < 4.78 is 13.9. The highest BCUT2D eigenvalue weighted by Crippen LogP contribution is 2.06. The van der Waals surface area contributed by atoms with Gasteiger partial charge in [-0.15, -0.1) is 0 Å². The maximum absolute atomic E-state index is 11.6. The van der Waals surface area contributed by atoms with Gasteiger partial charge in [-0.05, 0) is 20.8 Å². The van der Waals surface area contributed by atoms with Crippen LogP contribution < -0.4 is 0 Å². The topological polar surface area (TPSA) is 99.1 Å². The van der Waals surface area contributed by atoms with E-state index >= 15 is 0 Å². The maximum Gasteiger partial charge on any atom is 0.345 e. The summed E-state index contributed by atoms with van der Waals surface area (Å²) in [5.74, 6) is -3.31. The van der Waals surface area contributed by atoms with Gasteiger partial charge in [0.05, 0.1) is 25.9 Å². The Morgan fingerprint density at radius 1 is 0.850 bits per heavy atom. The zero-order chi connectivity index (χ0) is 15.5. The molecular weight excluding hydrogens is 268 g/mol. The van der Waals surface area contributed by atoms with Crippen molar-refractivity contribution in [1.29, 1.82) is 0 Å². The fraction of sp³-hybridized carbons (Fsp3) is 0.462. The Balaban J connectivity index is 5.19. The molecule has 0 heterocycles. The van der Waals surface area contributed by atoms with Gasteiger partial charge in [0.15, 0.2) is 0 Å². The molecule has 0 saturated heterocycles. The van der Waals surface area contributed by atoms with Crippen molar-refractivity contribution in [3.8, 4) is 0 Å². The summed E-state index contributed by atoms with van der Waals surface area (Å²) in [5, 5.41) is 9.52. The largest absolute Gasteiger partial charge is 0.508 e. The highest BCUT2D eigenvalue weighted by atomic mass is 16.6. The third-order valence-electron chi connectivity index (χ3n) is 1.84. The van der Waals surface area contributed by atoms with Crippen LogP contribution in [0.5, 0.6) is 0 Å². The molecular formula is C13H18O7. The lowest BCUT2D eigenvalue weighted by Gasteiger charge is -2.06. The summed E-state index contributed by atoms with van der Waals surface area (Å²) in [4.78, 5) is 34.2. The predicted octanol–water partition coefficient (Wildman–Crippen LogP) is 1.04. The van der Waals surface area contributed by atoms with Crippen molar-refractivity contribution in [3.63, 3.8) is 0 Å². The first-order chi connectivity index (χ1) is 9.46. The van der Waals surface area contributed by atoms with Gasteiger partial charge in [0.1, 0.15) is 11.3 Å². The molecule has 20 heavy (non-hydrogen) atoms. The number of allylic oxidation sites excluding steroid dienone is 1. The lowest BCUT2D eigenvalue weighted by molar-refractivity contribution is -0.146. The molecule has 0 spiro atoms. The Morgan fingerprint density at radius 2 is 1.30 bits per heavy atom. The zero-order valence-corrected chi connectivity index (χ0v) is 11.7. The quantitative estimate of drug-likeness (QED) is 0.142. The number of rotatable bonds is 7. The van der Waals surface area contributed by atoms with Crippen molar-refractivity contribution in [2.75, 3.05) is 19.8 Å². The summed E-state index contributed by atoms with van der Waals surface area (Å²) in [7, 11) is 0. The third kappa shape index (κ3) is 6.58. The van der Waals surface area contributed by atoms with Gasteiger partial charge in [0, 0.05) is 6.08 Å². The van der Waals surface area contributed by atoms with Crippen LogP contribution in [0.25, 0.3) is 0 Å². The molecule has 1 N–H and O–H groups in total. The van der Waals surface area contributed by atoms with E-state index in [1.807, 2.05) is 0 Å². The predicted molar refractivity (Wildman–Crippen MR) is 68.7 cm³/mol. The lowest BCUT2D eigenvalue weighted by atomic mass is 10.2. The lowest BCUT2D eigenvalue weighted by Crippen LogP contribution is -2.18. The van der Waals surface area contributed by atoms with Crippen molar-refractivity contribution in [3.05, 3.63) is 23.5 Å². The van der Waals surface area contributed by atoms with E-state index in [0.717, 1.165) is 12.2 Å². The number of aliphatic hydroxyl groups excluding tert-OH is 1. The first-order valence-electron chi connectivity index (χ1n) is 6.09. The second-order valence-electron chi connectivity index (χ2n) is 3.32. The van der Waals surface area contributed by atoms with Crippen LogP contribution in [0.15, 0.2) is 23.5 Å². The minimum Gasteiger partial charge on any atom is -0.508 e. The average Bonchev–Trinajstić information content (AvgIpc) is 2.36. The molecule has 0 unspecified atom stereocenters. The second kappa shape index (κ2) is 9.60. The van der Waals surface area contributed by atoms with Gasteiger partial charge in [0.25, 0.3) is 0 Å². The Hall–Kier alpha value is -2.31. The van der Waals surface area contributed by atoms with Crippen LogP contribution in [0.3, 0.4) is 0 Å². The van der Waals surface area contributed by atoms with Gasteiger partial charge in [-0.1, -0.05) is 0 Å². The first-order valence-corrected chi connectivity index (χ1v) is 6.09. The number of hydrogen-bond donors (Lipinski definition) is 1. The monoisotopic (exact) mass is 286 g/mol. The highest BCUT2D eigenvalue weighted by molar-refractivity contribution is 6.14. The Bertz CT molecular complexity index is 400. The minimum atomic E-state index is -0.949. The molecule has 0 radical (unpaired) electrons. The SMILES string of the molecule is CCOC(=O)/C=C(\O)C=C(C(=O)OCC)C(=O)OCC. The molecule has 7 heteroatoms. The summed E-state index contributed by atoms with van der Waals surface area (Å²) >= 11 is 0. The Morgan fingerprint density at radius 3 is 1.70 bits per heavy atom. The molecule has 0 amide bonds. The molecule has 0 saturated carbocycles. The second-order valence-corrected chi connectivity index (χ2v) is 3.32. The normalized spacial score (nSPS) is 10.4. The van der Waals surface area contributed by atoms with E-state index in [2.05, 4.69) is 14.2 Å². The van der Waals surface area contributed by atoms with E-state index in [4.69, 9.17) is 0 Å². The number of carbonyl (C=O) groups is 3. The fourth-order valence-corrected chi connectivity index (χ4v) is 1.11. The average molecular weight is 286 g/mol. The van der Waals surface area contributed by atoms with Crippen LogP contribution >= 0.6 is 0 Å². The third-order valence-corrected chi connectivity index (χ3v) is 1.84. The number of ether oxygens (including phenoxy) is 3. The molecule has 112 valence electrons. The smallest absolute Gasteiger partial charge is 0.345 e. The van der Waals surface area contributed by atoms with Crippen molar-refractivity contribution < 1.29 is 33.7 Å². The van der Waals surface area contributed by atoms with E-state index in [0.29, 0.717) is 0 Å². The molecule has 0 rings (SSSR count). The molecule has 0 aliphatic rings. The summed E-state index contributed by atoms with van der Waals surface area (Å²) in [6.45, 7) is 4.97. The summed E-state index contributed by atoms with van der Waals surface area (Å²) in [6.07, 6.45) is 1.54. The number of carbonyl (C=O) groups excluding carboxylic acids is 3. The molecule has 0 bridgehead atoms. The Kier molecular flexibility index (Phi) is 8.49. The van der Waals surface area contributed by atoms with E-state index < -0.39 is 29.2 Å². The standard InChI is InChI=1S/C13H18O7/c1-4-18-11(15)8-9(14)7-10(12(16)19-5-2)13(17)20-6-3/h7-8,14H,4-6H2,1-3H3/b9-8-. The molecule has 0 aromatic carbocycles. The molecule has 0 aliphatic heterocycles. The first kappa shape index (κ1) is 17.7. The maximum atomic E-state index is 11.6. The van der Waals surface area contributed by atoms with E-state index in [1.165, 1.54) is 0 Å². The van der Waals surface area contributed by atoms with Crippen molar-refractivity contribution in [2.45, 2.75) is 20.8 Å². The van der Waals surface area contributed by atoms with Crippen molar-refractivity contribution in [1.82, 2.24) is 0 Å². The van der Waals surface area contributed by atoms with Gasteiger partial charge in [-0.3, -0.25) is 0 Å². The van der Waals surface area contributed by atoms with E-state index in [9.17, 15) is 19.5 Å². The van der Waals surface area contributed by atoms with Crippen LogP contribution in [0.2, 0.25) is 0 Å². The molecule has 0 atom stereocenters. The van der Waals surface area contributed by atoms with Crippen molar-refractivity contribution >= 4 is 17.9 Å². The molecule has 0 aromatic heterocycles. The summed E-state index contributed by atoms with van der Waals surface area (Å²) in [5.41, 5.74) is -0.508. The molecule has 0 fully saturated rings. The van der Waals surface area contributed by atoms with Gasteiger partial charge < -0.3 is 19.3 Å². The Labute approximate surface area is 116 Å². The van der Waals surface area contributed by atoms with E-state index in [1.54, 1.807) is 20.8 Å². The zero-order valence-electron chi connectivity index (χ0n) is 11.7. The van der Waals surface area contributed by atoms with Gasteiger partial charge in [-0.25, -0.2) is 14.4 Å². The number of esters is 3. The minimum absolute atomic E-state index is 0.0535. The molecule has 0 aromatic rings. The van der Waals surface area contributed by atoms with Crippen LogP contribution in [0, 0.1) is 0 Å². The summed E-state index contributed by atoms with van der Waals surface area (Å²) in [6, 6.07) is 0. The van der Waals surface area contributed by atoms with Gasteiger partial charge in [-0.2, -0.15) is 0 Å². The van der Waals surface area contributed by atoms with Crippen LogP contribution in [-0.2, 0) is 28.6 Å².